The fourth-order valence-electron chi connectivity index (χ4n) is 10.5. The Bertz CT molecular complexity index is 3470. The first-order valence-corrected chi connectivity index (χ1v) is 24.4. The van der Waals surface area contributed by atoms with E-state index in [1.54, 1.807) is 0 Å². The first-order valence-electron chi connectivity index (χ1n) is 21.9. The summed E-state index contributed by atoms with van der Waals surface area (Å²) in [6.45, 7) is 19.0. The molecule has 1 aliphatic heterocycles. The average molecular weight is 843 g/mol. The Hall–Kier alpha value is -6.12. The van der Waals surface area contributed by atoms with Crippen molar-refractivity contribution in [1.29, 1.82) is 0 Å². The van der Waals surface area contributed by atoms with Gasteiger partial charge in [0, 0.05) is 38.1 Å². The van der Waals surface area contributed by atoms with Crippen LogP contribution in [0.15, 0.2) is 146 Å². The van der Waals surface area contributed by atoms with Gasteiger partial charge in [0.15, 0.2) is 0 Å². The Morgan fingerprint density at radius 3 is 0.968 bits per heavy atom. The molecule has 0 radical (unpaired) electrons. The quantitative estimate of drug-likeness (QED) is 0.170. The molecule has 1 aliphatic rings. The van der Waals surface area contributed by atoms with E-state index in [1.165, 1.54) is 98.5 Å². The number of aromatic nitrogens is 4. The summed E-state index contributed by atoms with van der Waals surface area (Å²) < 4.78 is 18.5. The maximum Gasteiger partial charge on any atom is 0.145 e. The number of benzene rings is 6. The standard InChI is InChI=1S/C55H48N4OP2/c1-53(2,3)37-29-39-51(49(31-37)61-56-41-21-13-9-17-33(41)25-45(56)46-26-34-18-10-14-22-42(34)57(46)61)60-52-40(55(39,7)8)30-38(54(4,5)6)32-50(52)62-58-43-23-15-11-19-35(43)27-47(58)48-28-36-20-12-16-24-44(36)59(48)62/h9-32H,1-8H3. The largest absolute Gasteiger partial charge is 0.455 e. The molecule has 7 heterocycles. The third-order valence-electron chi connectivity index (χ3n) is 13.9. The molecule has 7 heteroatoms. The lowest BCUT2D eigenvalue weighted by Crippen LogP contribution is -2.27. The predicted molar refractivity (Wildman–Crippen MR) is 264 cm³/mol. The highest BCUT2D eigenvalue weighted by Crippen LogP contribution is 2.63. The van der Waals surface area contributed by atoms with Gasteiger partial charge in [0.25, 0.3) is 0 Å². The summed E-state index contributed by atoms with van der Waals surface area (Å²) in [7, 11) is -2.33. The number of nitrogens with zero attached hydrogens (tertiary/aromatic N) is 4. The summed E-state index contributed by atoms with van der Waals surface area (Å²) in [4.78, 5) is 0. The Morgan fingerprint density at radius 2 is 0.677 bits per heavy atom. The van der Waals surface area contributed by atoms with E-state index in [4.69, 9.17) is 4.74 Å². The van der Waals surface area contributed by atoms with Crippen molar-refractivity contribution >= 4 is 81.4 Å². The van der Waals surface area contributed by atoms with Crippen molar-refractivity contribution in [1.82, 2.24) is 16.7 Å². The molecule has 6 aromatic heterocycles. The number of hydrogen-bond acceptors (Lipinski definition) is 1. The van der Waals surface area contributed by atoms with Crippen molar-refractivity contribution in [3.05, 3.63) is 168 Å². The molecule has 13 rings (SSSR count). The van der Waals surface area contributed by atoms with Crippen LogP contribution in [0.2, 0.25) is 0 Å². The molecular weight excluding hydrogens is 795 g/mol. The molecular formula is C55H48N4OP2. The Kier molecular flexibility index (Phi) is 7.11. The van der Waals surface area contributed by atoms with Crippen LogP contribution in [0, 0.1) is 0 Å². The molecule has 304 valence electrons. The van der Waals surface area contributed by atoms with Gasteiger partial charge in [-0.2, -0.15) is 0 Å². The molecule has 6 aromatic carbocycles. The van der Waals surface area contributed by atoms with Crippen molar-refractivity contribution < 1.29 is 4.74 Å². The van der Waals surface area contributed by atoms with Crippen LogP contribution in [0.3, 0.4) is 0 Å². The van der Waals surface area contributed by atoms with Gasteiger partial charge in [-0.05, 0) is 82.6 Å². The second kappa shape index (κ2) is 12.1. The normalized spacial score (nSPS) is 14.4. The molecule has 0 spiro atoms. The number of fused-ring (bicyclic) bond motifs is 16. The van der Waals surface area contributed by atoms with E-state index >= 15 is 0 Å². The Labute approximate surface area is 362 Å². The van der Waals surface area contributed by atoms with Crippen LogP contribution in [0.25, 0.3) is 76.3 Å². The van der Waals surface area contributed by atoms with Gasteiger partial charge in [0.2, 0.25) is 0 Å². The fraction of sp³-hybridized carbons (Fsp3) is 0.200. The van der Waals surface area contributed by atoms with Crippen LogP contribution in [0.5, 0.6) is 11.5 Å². The van der Waals surface area contributed by atoms with Crippen molar-refractivity contribution in [3.63, 3.8) is 0 Å². The van der Waals surface area contributed by atoms with Gasteiger partial charge < -0.3 is 4.74 Å². The van der Waals surface area contributed by atoms with Gasteiger partial charge in [0.05, 0.1) is 70.4 Å². The number of hydrogen-bond donors (Lipinski definition) is 0. The smallest absolute Gasteiger partial charge is 0.145 e. The van der Waals surface area contributed by atoms with Crippen LogP contribution in [-0.2, 0) is 16.2 Å². The molecule has 0 N–H and O–H groups in total. The lowest BCUT2D eigenvalue weighted by atomic mass is 9.72. The molecule has 0 bridgehead atoms. The van der Waals surface area contributed by atoms with E-state index in [9.17, 15) is 0 Å². The number of rotatable bonds is 2. The summed E-state index contributed by atoms with van der Waals surface area (Å²) in [6.07, 6.45) is 0. The van der Waals surface area contributed by atoms with Gasteiger partial charge in [-0.3, -0.25) is 16.7 Å². The molecule has 0 saturated heterocycles. The van der Waals surface area contributed by atoms with Crippen molar-refractivity contribution in [2.24, 2.45) is 0 Å². The molecule has 0 unspecified atom stereocenters. The van der Waals surface area contributed by atoms with Gasteiger partial charge in [0.1, 0.15) is 11.5 Å². The highest BCUT2D eigenvalue weighted by molar-refractivity contribution is 7.52. The first-order chi connectivity index (χ1) is 29.8. The van der Waals surface area contributed by atoms with E-state index in [1.807, 2.05) is 0 Å². The van der Waals surface area contributed by atoms with E-state index in [2.05, 4.69) is 218 Å². The highest BCUT2D eigenvalue weighted by atomic mass is 31.1. The number of ether oxygens (including phenoxy) is 1. The van der Waals surface area contributed by atoms with Gasteiger partial charge in [-0.25, -0.2) is 0 Å². The zero-order valence-corrected chi connectivity index (χ0v) is 38.2. The SMILES string of the molecule is CC(C)(C)c1cc(-p2n3c4ccccc4cc3c3cc4ccccc4n32)c2c(c1)C(C)(C)c1cc(C(C)(C)C)cc(-p3n4c5ccccc5cc4c4cc5ccccc5n43)c1O2. The van der Waals surface area contributed by atoms with Crippen LogP contribution in [0.1, 0.15) is 77.6 Å². The van der Waals surface area contributed by atoms with E-state index < -0.39 is 15.7 Å². The average Bonchev–Trinajstić information content (AvgIpc) is 4.08. The summed E-state index contributed by atoms with van der Waals surface area (Å²) >= 11 is 0. The summed E-state index contributed by atoms with van der Waals surface area (Å²) in [5.74, 6) is 2.01. The minimum absolute atomic E-state index is 0.0956. The molecule has 5 nitrogen and oxygen atoms in total. The molecule has 62 heavy (non-hydrogen) atoms. The van der Waals surface area contributed by atoms with Crippen molar-refractivity contribution in [2.45, 2.75) is 71.6 Å². The predicted octanol–water partition coefficient (Wildman–Crippen LogP) is 16.3. The number of para-hydroxylation sites is 4. The third kappa shape index (κ3) is 4.76. The lowest BCUT2D eigenvalue weighted by Gasteiger charge is -2.39. The molecule has 12 aromatic rings. The molecule has 0 fully saturated rings. The molecule has 0 saturated carbocycles. The summed E-state index contributed by atoms with van der Waals surface area (Å²) in [6, 6.07) is 55.2. The second-order valence-corrected chi connectivity index (χ2v) is 23.9. The second-order valence-electron chi connectivity index (χ2n) is 20.2. The Balaban J connectivity index is 1.20. The molecule has 0 atom stereocenters. The minimum atomic E-state index is -1.16. The van der Waals surface area contributed by atoms with E-state index in [0.717, 1.165) is 11.5 Å². The van der Waals surface area contributed by atoms with Gasteiger partial charge >= 0.3 is 0 Å². The Morgan fingerprint density at radius 1 is 0.387 bits per heavy atom. The molecule has 0 amide bonds. The summed E-state index contributed by atoms with van der Waals surface area (Å²) in [5, 5.41) is 7.59. The topological polar surface area (TPSA) is 26.9 Å². The third-order valence-corrected chi connectivity index (χ3v) is 18.6. The summed E-state index contributed by atoms with van der Waals surface area (Å²) in [5.41, 5.74) is 14.7. The van der Waals surface area contributed by atoms with Gasteiger partial charge in [-0.1, -0.05) is 140 Å². The van der Waals surface area contributed by atoms with Crippen molar-refractivity contribution in [3.8, 4) is 22.1 Å². The van der Waals surface area contributed by atoms with Crippen LogP contribution in [0.4, 0.5) is 0 Å². The van der Waals surface area contributed by atoms with Crippen LogP contribution < -0.4 is 4.74 Å². The fourth-order valence-corrected chi connectivity index (χ4v) is 15.9. The van der Waals surface area contributed by atoms with E-state index in [-0.39, 0.29) is 16.2 Å². The zero-order chi connectivity index (χ0) is 42.2. The zero-order valence-electron chi connectivity index (χ0n) is 36.4. The van der Waals surface area contributed by atoms with Crippen LogP contribution in [-0.4, -0.2) is 16.7 Å². The van der Waals surface area contributed by atoms with Crippen LogP contribution >= 0.6 is 15.7 Å². The maximum absolute atomic E-state index is 7.93. The maximum atomic E-state index is 7.93. The van der Waals surface area contributed by atoms with Crippen molar-refractivity contribution in [2.75, 3.05) is 0 Å². The monoisotopic (exact) mass is 842 g/mol. The lowest BCUT2D eigenvalue weighted by molar-refractivity contribution is 0.420. The van der Waals surface area contributed by atoms with E-state index in [0.29, 0.717) is 0 Å². The first kappa shape index (κ1) is 36.5. The molecule has 0 aliphatic carbocycles. The van der Waals surface area contributed by atoms with Gasteiger partial charge in [-0.15, -0.1) is 0 Å². The minimum Gasteiger partial charge on any atom is -0.455 e. The highest BCUT2D eigenvalue weighted by Gasteiger charge is 2.41.